The van der Waals surface area contributed by atoms with Gasteiger partial charge in [0.25, 0.3) is 0 Å². The number of thioether (sulfide) groups is 1. The molecule has 2 heteroatoms. The van der Waals surface area contributed by atoms with Gasteiger partial charge in [0.15, 0.2) is 0 Å². The summed E-state index contributed by atoms with van der Waals surface area (Å²) >= 11 is 2.09. The standard InChI is InChI=1S/C15H23NS/c1-10-5-6-11(2)14(9-10)12(3)16-15-7-8-17-13(15)4/h5-6,9,12-13,15-16H,7-8H2,1-4H3. The highest BCUT2D eigenvalue weighted by molar-refractivity contribution is 8.00. The van der Waals surface area contributed by atoms with E-state index in [0.29, 0.717) is 12.1 Å². The van der Waals surface area contributed by atoms with E-state index < -0.39 is 0 Å². The second-order valence-electron chi connectivity index (χ2n) is 5.22. The van der Waals surface area contributed by atoms with Gasteiger partial charge in [0.2, 0.25) is 0 Å². The summed E-state index contributed by atoms with van der Waals surface area (Å²) in [5, 5.41) is 4.54. The van der Waals surface area contributed by atoms with E-state index in [1.807, 2.05) is 0 Å². The zero-order valence-electron chi connectivity index (χ0n) is 11.3. The van der Waals surface area contributed by atoms with E-state index in [0.717, 1.165) is 5.25 Å². The van der Waals surface area contributed by atoms with Crippen molar-refractivity contribution in [3.8, 4) is 0 Å². The first-order valence-electron chi connectivity index (χ1n) is 6.52. The van der Waals surface area contributed by atoms with Gasteiger partial charge in [-0.15, -0.1) is 0 Å². The lowest BCUT2D eigenvalue weighted by molar-refractivity contribution is 0.453. The van der Waals surface area contributed by atoms with E-state index in [1.54, 1.807) is 0 Å². The molecule has 0 amide bonds. The van der Waals surface area contributed by atoms with E-state index in [9.17, 15) is 0 Å². The molecule has 1 aliphatic rings. The summed E-state index contributed by atoms with van der Waals surface area (Å²) in [6.07, 6.45) is 1.31. The van der Waals surface area contributed by atoms with Crippen LogP contribution in [0.25, 0.3) is 0 Å². The Morgan fingerprint density at radius 2 is 2.12 bits per heavy atom. The van der Waals surface area contributed by atoms with E-state index >= 15 is 0 Å². The quantitative estimate of drug-likeness (QED) is 0.873. The molecule has 0 radical (unpaired) electrons. The van der Waals surface area contributed by atoms with Crippen LogP contribution < -0.4 is 5.32 Å². The van der Waals surface area contributed by atoms with Crippen molar-refractivity contribution < 1.29 is 0 Å². The summed E-state index contributed by atoms with van der Waals surface area (Å²) in [4.78, 5) is 0. The number of aryl methyl sites for hydroxylation is 2. The number of benzene rings is 1. The van der Waals surface area contributed by atoms with Gasteiger partial charge in [-0.25, -0.2) is 0 Å². The topological polar surface area (TPSA) is 12.0 Å². The number of hydrogen-bond acceptors (Lipinski definition) is 2. The molecule has 1 heterocycles. The van der Waals surface area contributed by atoms with Crippen molar-refractivity contribution in [3.63, 3.8) is 0 Å². The predicted molar refractivity (Wildman–Crippen MR) is 77.8 cm³/mol. The van der Waals surface area contributed by atoms with Crippen molar-refractivity contribution in [3.05, 3.63) is 34.9 Å². The molecule has 1 saturated heterocycles. The average molecular weight is 249 g/mol. The Bertz CT molecular complexity index is 389. The smallest absolute Gasteiger partial charge is 0.0297 e. The van der Waals surface area contributed by atoms with Crippen LogP contribution in [0.3, 0.4) is 0 Å². The fourth-order valence-corrected chi connectivity index (χ4v) is 3.80. The molecular formula is C15H23NS. The van der Waals surface area contributed by atoms with Gasteiger partial charge < -0.3 is 5.32 Å². The minimum absolute atomic E-state index is 0.459. The van der Waals surface area contributed by atoms with Crippen LogP contribution in [0.15, 0.2) is 18.2 Å². The molecule has 1 aromatic carbocycles. The number of hydrogen-bond donors (Lipinski definition) is 1. The van der Waals surface area contributed by atoms with Gasteiger partial charge in [0, 0.05) is 17.3 Å². The first-order chi connectivity index (χ1) is 8.08. The first-order valence-corrected chi connectivity index (χ1v) is 7.57. The minimum Gasteiger partial charge on any atom is -0.306 e. The third-order valence-electron chi connectivity index (χ3n) is 3.74. The van der Waals surface area contributed by atoms with Crippen molar-refractivity contribution in [1.82, 2.24) is 5.32 Å². The monoisotopic (exact) mass is 249 g/mol. The first kappa shape index (κ1) is 13.0. The molecule has 1 aliphatic heterocycles. The van der Waals surface area contributed by atoms with Crippen LogP contribution in [-0.2, 0) is 0 Å². The van der Waals surface area contributed by atoms with E-state index in [4.69, 9.17) is 0 Å². The van der Waals surface area contributed by atoms with Crippen LogP contribution in [0.5, 0.6) is 0 Å². The number of rotatable bonds is 3. The molecule has 17 heavy (non-hydrogen) atoms. The molecule has 0 aromatic heterocycles. The molecule has 0 spiro atoms. The van der Waals surface area contributed by atoms with Gasteiger partial charge in [-0.2, -0.15) is 11.8 Å². The third-order valence-corrected chi connectivity index (χ3v) is 5.07. The van der Waals surface area contributed by atoms with Gasteiger partial charge >= 0.3 is 0 Å². The Morgan fingerprint density at radius 3 is 2.76 bits per heavy atom. The Labute approximate surface area is 109 Å². The van der Waals surface area contributed by atoms with Crippen molar-refractivity contribution in [1.29, 1.82) is 0 Å². The maximum Gasteiger partial charge on any atom is 0.0297 e. The average Bonchev–Trinajstić information content (AvgIpc) is 2.68. The summed E-state index contributed by atoms with van der Waals surface area (Å²) in [7, 11) is 0. The van der Waals surface area contributed by atoms with Gasteiger partial charge in [0.1, 0.15) is 0 Å². The Kier molecular flexibility index (Phi) is 4.16. The molecule has 1 aromatic rings. The highest BCUT2D eigenvalue weighted by atomic mass is 32.2. The molecule has 0 aliphatic carbocycles. The zero-order valence-corrected chi connectivity index (χ0v) is 12.1. The molecule has 3 atom stereocenters. The van der Waals surface area contributed by atoms with Crippen LogP contribution in [0.1, 0.15) is 43.0 Å². The molecule has 3 unspecified atom stereocenters. The van der Waals surface area contributed by atoms with Crippen LogP contribution >= 0.6 is 11.8 Å². The summed E-state index contributed by atoms with van der Waals surface area (Å²) < 4.78 is 0. The minimum atomic E-state index is 0.459. The molecule has 0 saturated carbocycles. The summed E-state index contributed by atoms with van der Waals surface area (Å²) in [6.45, 7) is 9.01. The summed E-state index contributed by atoms with van der Waals surface area (Å²) in [5.41, 5.74) is 4.20. The Hall–Kier alpha value is -0.470. The van der Waals surface area contributed by atoms with Crippen molar-refractivity contribution >= 4 is 11.8 Å². The van der Waals surface area contributed by atoms with E-state index in [-0.39, 0.29) is 0 Å². The van der Waals surface area contributed by atoms with Gasteiger partial charge in [-0.05, 0) is 44.1 Å². The van der Waals surface area contributed by atoms with Crippen LogP contribution in [0.2, 0.25) is 0 Å². The molecule has 1 fully saturated rings. The molecule has 1 nitrogen and oxygen atoms in total. The van der Waals surface area contributed by atoms with Crippen LogP contribution in [0.4, 0.5) is 0 Å². The highest BCUT2D eigenvalue weighted by Gasteiger charge is 2.25. The fourth-order valence-electron chi connectivity index (χ4n) is 2.59. The van der Waals surface area contributed by atoms with Crippen LogP contribution in [-0.4, -0.2) is 17.0 Å². The second kappa shape index (κ2) is 5.45. The lowest BCUT2D eigenvalue weighted by Gasteiger charge is -2.24. The maximum absolute atomic E-state index is 3.79. The SMILES string of the molecule is Cc1ccc(C)c(C(C)NC2CCSC2C)c1. The number of nitrogens with one attached hydrogen (secondary N) is 1. The maximum atomic E-state index is 3.79. The fraction of sp³-hybridized carbons (Fsp3) is 0.600. The molecule has 94 valence electrons. The van der Waals surface area contributed by atoms with Gasteiger partial charge in [-0.3, -0.25) is 0 Å². The second-order valence-corrected chi connectivity index (χ2v) is 6.70. The summed E-state index contributed by atoms with van der Waals surface area (Å²) in [6, 6.07) is 7.88. The predicted octanol–water partition coefficient (Wildman–Crippen LogP) is 3.85. The van der Waals surface area contributed by atoms with Crippen molar-refractivity contribution in [2.75, 3.05) is 5.75 Å². The third kappa shape index (κ3) is 3.05. The van der Waals surface area contributed by atoms with Crippen molar-refractivity contribution in [2.24, 2.45) is 0 Å². The lowest BCUT2D eigenvalue weighted by Crippen LogP contribution is -2.35. The van der Waals surface area contributed by atoms with E-state index in [2.05, 4.69) is 63.0 Å². The van der Waals surface area contributed by atoms with Gasteiger partial charge in [-0.1, -0.05) is 30.7 Å². The van der Waals surface area contributed by atoms with E-state index in [1.165, 1.54) is 28.9 Å². The van der Waals surface area contributed by atoms with Gasteiger partial charge in [0.05, 0.1) is 0 Å². The highest BCUT2D eigenvalue weighted by Crippen LogP contribution is 2.29. The summed E-state index contributed by atoms with van der Waals surface area (Å²) in [5.74, 6) is 1.30. The zero-order chi connectivity index (χ0) is 12.4. The Balaban J connectivity index is 2.08. The molecule has 0 bridgehead atoms. The normalized spacial score (nSPS) is 26.1. The molecule has 1 N–H and O–H groups in total. The Morgan fingerprint density at radius 1 is 1.35 bits per heavy atom. The van der Waals surface area contributed by atoms with Crippen LogP contribution in [0, 0.1) is 13.8 Å². The largest absolute Gasteiger partial charge is 0.306 e. The molecule has 2 rings (SSSR count). The lowest BCUT2D eigenvalue weighted by atomic mass is 9.99. The van der Waals surface area contributed by atoms with Crippen molar-refractivity contribution in [2.45, 2.75) is 51.4 Å². The molecular weight excluding hydrogens is 226 g/mol.